The number of hydrogen-bond acceptors (Lipinski definition) is 4. The summed E-state index contributed by atoms with van der Waals surface area (Å²) in [6, 6.07) is 6.32. The van der Waals surface area contributed by atoms with Crippen LogP contribution in [-0.4, -0.2) is 22.3 Å². The van der Waals surface area contributed by atoms with E-state index in [1.54, 1.807) is 11.3 Å². The Labute approximate surface area is 139 Å². The average Bonchev–Trinajstić information content (AvgIpc) is 2.86. The van der Waals surface area contributed by atoms with E-state index in [0.29, 0.717) is 0 Å². The molecule has 0 saturated heterocycles. The van der Waals surface area contributed by atoms with Crippen LogP contribution in [-0.2, 0) is 6.42 Å². The highest BCUT2D eigenvalue weighted by molar-refractivity contribution is 9.10. The second kappa shape index (κ2) is 6.99. The van der Waals surface area contributed by atoms with Crippen molar-refractivity contribution in [2.24, 2.45) is 0 Å². The van der Waals surface area contributed by atoms with Gasteiger partial charge >= 0.3 is 0 Å². The van der Waals surface area contributed by atoms with Crippen LogP contribution in [0.15, 0.2) is 22.7 Å². The first kappa shape index (κ1) is 16.6. The number of rotatable bonds is 5. The van der Waals surface area contributed by atoms with Gasteiger partial charge in [0.25, 0.3) is 0 Å². The van der Waals surface area contributed by atoms with Crippen molar-refractivity contribution in [2.75, 3.05) is 6.54 Å². The van der Waals surface area contributed by atoms with Crippen molar-refractivity contribution in [1.82, 2.24) is 15.5 Å². The summed E-state index contributed by atoms with van der Waals surface area (Å²) in [6.07, 6.45) is 2.07. The van der Waals surface area contributed by atoms with E-state index in [-0.39, 0.29) is 5.54 Å². The van der Waals surface area contributed by atoms with Crippen LogP contribution in [0.2, 0.25) is 0 Å². The quantitative estimate of drug-likeness (QED) is 0.784. The minimum absolute atomic E-state index is 0.181. The SMILES string of the molecule is Cc1ccc(-c2nnc(CCCNC(C)(C)C)s2)cc1Br. The van der Waals surface area contributed by atoms with Gasteiger partial charge in [-0.1, -0.05) is 39.4 Å². The van der Waals surface area contributed by atoms with Gasteiger partial charge in [-0.25, -0.2) is 0 Å². The monoisotopic (exact) mass is 367 g/mol. The summed E-state index contributed by atoms with van der Waals surface area (Å²) in [4.78, 5) is 0. The van der Waals surface area contributed by atoms with Gasteiger partial charge in [-0.3, -0.25) is 0 Å². The fourth-order valence-electron chi connectivity index (χ4n) is 1.90. The summed E-state index contributed by atoms with van der Waals surface area (Å²) in [6.45, 7) is 9.65. The Bertz CT molecular complexity index is 602. The fourth-order valence-corrected chi connectivity index (χ4v) is 3.16. The molecule has 0 aliphatic rings. The van der Waals surface area contributed by atoms with E-state index in [1.165, 1.54) is 5.56 Å². The van der Waals surface area contributed by atoms with Gasteiger partial charge in [-0.05, 0) is 52.3 Å². The zero-order chi connectivity index (χ0) is 15.5. The van der Waals surface area contributed by atoms with E-state index in [1.807, 2.05) is 0 Å². The molecule has 0 fully saturated rings. The highest BCUT2D eigenvalue weighted by Gasteiger charge is 2.10. The smallest absolute Gasteiger partial charge is 0.147 e. The van der Waals surface area contributed by atoms with Crippen LogP contribution in [0.25, 0.3) is 10.6 Å². The third kappa shape index (κ3) is 5.16. The van der Waals surface area contributed by atoms with Crippen LogP contribution in [0.5, 0.6) is 0 Å². The zero-order valence-electron chi connectivity index (χ0n) is 13.0. The van der Waals surface area contributed by atoms with Gasteiger partial charge in [0.05, 0.1) is 0 Å². The summed E-state index contributed by atoms with van der Waals surface area (Å²) < 4.78 is 1.12. The summed E-state index contributed by atoms with van der Waals surface area (Å²) >= 11 is 5.26. The molecular formula is C16H22BrN3S. The maximum Gasteiger partial charge on any atom is 0.147 e. The number of halogens is 1. The highest BCUT2D eigenvalue weighted by Crippen LogP contribution is 2.28. The standard InChI is InChI=1S/C16H22BrN3S/c1-11-7-8-12(10-13(11)17)15-20-19-14(21-15)6-5-9-18-16(2,3)4/h7-8,10,18H,5-6,9H2,1-4H3. The molecule has 3 nitrogen and oxygen atoms in total. The Morgan fingerprint density at radius 1 is 1.24 bits per heavy atom. The molecule has 114 valence electrons. The molecule has 0 spiro atoms. The molecule has 0 aliphatic heterocycles. The maximum absolute atomic E-state index is 4.31. The Kier molecular flexibility index (Phi) is 5.52. The number of nitrogens with zero attached hydrogens (tertiary/aromatic N) is 2. The van der Waals surface area contributed by atoms with E-state index < -0.39 is 0 Å². The van der Waals surface area contributed by atoms with E-state index >= 15 is 0 Å². The summed E-state index contributed by atoms with van der Waals surface area (Å²) in [5.74, 6) is 0. The Hall–Kier alpha value is -0.780. The highest BCUT2D eigenvalue weighted by atomic mass is 79.9. The zero-order valence-corrected chi connectivity index (χ0v) is 15.4. The van der Waals surface area contributed by atoms with Gasteiger partial charge in [-0.15, -0.1) is 10.2 Å². The molecule has 0 bridgehead atoms. The van der Waals surface area contributed by atoms with Crippen molar-refractivity contribution in [3.8, 4) is 10.6 Å². The van der Waals surface area contributed by atoms with Gasteiger partial charge < -0.3 is 5.32 Å². The van der Waals surface area contributed by atoms with Gasteiger partial charge in [0.1, 0.15) is 10.0 Å². The predicted molar refractivity (Wildman–Crippen MR) is 93.9 cm³/mol. The molecule has 2 rings (SSSR count). The van der Waals surface area contributed by atoms with Crippen molar-refractivity contribution in [3.05, 3.63) is 33.2 Å². The van der Waals surface area contributed by atoms with Crippen LogP contribution in [0, 0.1) is 6.92 Å². The van der Waals surface area contributed by atoms with Gasteiger partial charge in [0.2, 0.25) is 0 Å². The van der Waals surface area contributed by atoms with E-state index in [4.69, 9.17) is 0 Å². The number of aromatic nitrogens is 2. The first-order valence-corrected chi connectivity index (χ1v) is 8.80. The molecule has 0 aliphatic carbocycles. The van der Waals surface area contributed by atoms with Crippen molar-refractivity contribution < 1.29 is 0 Å². The lowest BCUT2D eigenvalue weighted by Gasteiger charge is -2.20. The summed E-state index contributed by atoms with van der Waals surface area (Å²) in [7, 11) is 0. The molecule has 1 N–H and O–H groups in total. The fraction of sp³-hybridized carbons (Fsp3) is 0.500. The van der Waals surface area contributed by atoms with Crippen molar-refractivity contribution in [2.45, 2.75) is 46.1 Å². The predicted octanol–water partition coefficient (Wildman–Crippen LogP) is 4.60. The molecule has 2 aromatic rings. The number of aryl methyl sites for hydroxylation is 2. The van der Waals surface area contributed by atoms with Crippen LogP contribution in [0.1, 0.15) is 37.8 Å². The molecular weight excluding hydrogens is 346 g/mol. The lowest BCUT2D eigenvalue weighted by molar-refractivity contribution is 0.422. The van der Waals surface area contributed by atoms with Crippen molar-refractivity contribution in [3.63, 3.8) is 0 Å². The summed E-state index contributed by atoms with van der Waals surface area (Å²) in [5, 5.41) is 14.2. The maximum atomic E-state index is 4.31. The Balaban J connectivity index is 1.93. The van der Waals surface area contributed by atoms with Crippen LogP contribution >= 0.6 is 27.3 Å². The number of benzene rings is 1. The van der Waals surface area contributed by atoms with Gasteiger partial charge in [0, 0.05) is 22.0 Å². The summed E-state index contributed by atoms with van der Waals surface area (Å²) in [5.41, 5.74) is 2.54. The lowest BCUT2D eigenvalue weighted by Crippen LogP contribution is -2.36. The average molecular weight is 368 g/mol. The largest absolute Gasteiger partial charge is 0.312 e. The molecule has 1 aromatic heterocycles. The minimum atomic E-state index is 0.181. The van der Waals surface area contributed by atoms with Crippen molar-refractivity contribution >= 4 is 27.3 Å². The lowest BCUT2D eigenvalue weighted by atomic mass is 10.1. The van der Waals surface area contributed by atoms with Crippen molar-refractivity contribution in [1.29, 1.82) is 0 Å². The Morgan fingerprint density at radius 2 is 2.00 bits per heavy atom. The Morgan fingerprint density at radius 3 is 2.67 bits per heavy atom. The minimum Gasteiger partial charge on any atom is -0.312 e. The molecule has 21 heavy (non-hydrogen) atoms. The first-order chi connectivity index (χ1) is 9.85. The second-order valence-corrected chi connectivity index (χ2v) is 8.16. The molecule has 0 unspecified atom stereocenters. The van der Waals surface area contributed by atoms with Gasteiger partial charge in [-0.2, -0.15) is 0 Å². The molecule has 1 heterocycles. The molecule has 1 aromatic carbocycles. The van der Waals surface area contributed by atoms with E-state index in [2.05, 4.69) is 77.3 Å². The third-order valence-corrected chi connectivity index (χ3v) is 4.99. The number of hydrogen-bond donors (Lipinski definition) is 1. The molecule has 0 amide bonds. The molecule has 0 atom stereocenters. The first-order valence-electron chi connectivity index (χ1n) is 7.19. The number of nitrogens with one attached hydrogen (secondary N) is 1. The molecule has 5 heteroatoms. The van der Waals surface area contributed by atoms with E-state index in [0.717, 1.165) is 39.4 Å². The third-order valence-electron chi connectivity index (χ3n) is 3.11. The van der Waals surface area contributed by atoms with Crippen LogP contribution < -0.4 is 5.32 Å². The van der Waals surface area contributed by atoms with Gasteiger partial charge in [0.15, 0.2) is 0 Å². The van der Waals surface area contributed by atoms with E-state index in [9.17, 15) is 0 Å². The van der Waals surface area contributed by atoms with Crippen LogP contribution in [0.3, 0.4) is 0 Å². The molecule has 0 radical (unpaired) electrons. The molecule has 0 saturated carbocycles. The van der Waals surface area contributed by atoms with Crippen LogP contribution in [0.4, 0.5) is 0 Å². The normalized spacial score (nSPS) is 11.9. The second-order valence-electron chi connectivity index (χ2n) is 6.25. The topological polar surface area (TPSA) is 37.8 Å².